The molecule has 2 heterocycles. The number of aliphatic hydroxyl groups is 1. The third-order valence-electron chi connectivity index (χ3n) is 3.40. The number of aliphatic hydroxyl groups excluding tert-OH is 1. The maximum Gasteiger partial charge on any atom is 0.262 e. The van der Waals surface area contributed by atoms with Crippen LogP contribution >= 0.6 is 0 Å². The monoisotopic (exact) mass is 273 g/mol. The van der Waals surface area contributed by atoms with Crippen molar-refractivity contribution >= 4 is 10.0 Å². The van der Waals surface area contributed by atoms with E-state index >= 15 is 0 Å². The molecule has 0 spiro atoms. The first kappa shape index (κ1) is 13.5. The van der Waals surface area contributed by atoms with E-state index in [1.807, 2.05) is 13.8 Å². The summed E-state index contributed by atoms with van der Waals surface area (Å²) in [5.41, 5.74) is 0. The van der Waals surface area contributed by atoms with Gasteiger partial charge in [0.1, 0.15) is 0 Å². The summed E-state index contributed by atoms with van der Waals surface area (Å²) >= 11 is 0. The van der Waals surface area contributed by atoms with Crippen LogP contribution in [0.15, 0.2) is 17.6 Å². The third kappa shape index (κ3) is 2.43. The van der Waals surface area contributed by atoms with Gasteiger partial charge in [-0.25, -0.2) is 13.4 Å². The van der Waals surface area contributed by atoms with Crippen LogP contribution in [-0.4, -0.2) is 46.6 Å². The Morgan fingerprint density at radius 3 is 2.83 bits per heavy atom. The van der Waals surface area contributed by atoms with Crippen molar-refractivity contribution < 1.29 is 13.5 Å². The van der Waals surface area contributed by atoms with E-state index in [4.69, 9.17) is 0 Å². The molecular weight excluding hydrogens is 254 g/mol. The lowest BCUT2D eigenvalue weighted by molar-refractivity contribution is 0.0628. The Hall–Kier alpha value is -0.920. The predicted octanol–water partition coefficient (Wildman–Crippen LogP) is 0.294. The Kier molecular flexibility index (Phi) is 3.74. The molecule has 0 amide bonds. The molecule has 1 fully saturated rings. The van der Waals surface area contributed by atoms with E-state index in [9.17, 15) is 13.5 Å². The van der Waals surface area contributed by atoms with Gasteiger partial charge >= 0.3 is 0 Å². The Morgan fingerprint density at radius 2 is 2.28 bits per heavy atom. The fraction of sp³-hybridized carbons (Fsp3) is 0.727. The number of hydrogen-bond acceptors (Lipinski definition) is 4. The van der Waals surface area contributed by atoms with Crippen LogP contribution in [0.3, 0.4) is 0 Å². The summed E-state index contributed by atoms with van der Waals surface area (Å²) in [6.07, 6.45) is 3.14. The molecule has 1 aliphatic heterocycles. The number of imidazole rings is 1. The third-order valence-corrected chi connectivity index (χ3v) is 5.15. The van der Waals surface area contributed by atoms with Crippen LogP contribution in [0.2, 0.25) is 0 Å². The molecule has 2 rings (SSSR count). The maximum absolute atomic E-state index is 12.3. The SMILES string of the molecule is CCn1cnc(S(=O)(=O)N2CCC(O)C(C)C2)c1. The lowest BCUT2D eigenvalue weighted by Gasteiger charge is -2.32. The van der Waals surface area contributed by atoms with E-state index in [0.717, 1.165) is 0 Å². The van der Waals surface area contributed by atoms with Crippen LogP contribution < -0.4 is 0 Å². The van der Waals surface area contributed by atoms with Crippen molar-refractivity contribution in [1.29, 1.82) is 0 Å². The Labute approximate surface area is 107 Å². The molecule has 0 aromatic carbocycles. The van der Waals surface area contributed by atoms with Crippen molar-refractivity contribution in [2.24, 2.45) is 5.92 Å². The van der Waals surface area contributed by atoms with Gasteiger partial charge in [0.25, 0.3) is 10.0 Å². The van der Waals surface area contributed by atoms with Crippen molar-refractivity contribution in [2.75, 3.05) is 13.1 Å². The highest BCUT2D eigenvalue weighted by molar-refractivity contribution is 7.89. The number of aromatic nitrogens is 2. The zero-order chi connectivity index (χ0) is 13.3. The fourth-order valence-electron chi connectivity index (χ4n) is 2.09. The van der Waals surface area contributed by atoms with Gasteiger partial charge in [0, 0.05) is 25.8 Å². The highest BCUT2D eigenvalue weighted by Gasteiger charge is 2.33. The Bertz CT molecular complexity index is 511. The minimum atomic E-state index is -3.52. The van der Waals surface area contributed by atoms with Crippen LogP contribution in [0.4, 0.5) is 0 Å². The van der Waals surface area contributed by atoms with Crippen LogP contribution in [0, 0.1) is 5.92 Å². The summed E-state index contributed by atoms with van der Waals surface area (Å²) in [4.78, 5) is 3.95. The summed E-state index contributed by atoms with van der Waals surface area (Å²) in [5, 5.41) is 9.72. The molecule has 1 aliphatic rings. The van der Waals surface area contributed by atoms with Crippen LogP contribution in [0.1, 0.15) is 20.3 Å². The van der Waals surface area contributed by atoms with Crippen molar-refractivity contribution in [3.05, 3.63) is 12.5 Å². The number of rotatable bonds is 3. The molecule has 0 radical (unpaired) electrons. The average molecular weight is 273 g/mol. The van der Waals surface area contributed by atoms with Gasteiger partial charge in [0.15, 0.2) is 5.03 Å². The number of sulfonamides is 1. The normalized spacial score (nSPS) is 26.4. The smallest absolute Gasteiger partial charge is 0.262 e. The summed E-state index contributed by atoms with van der Waals surface area (Å²) in [7, 11) is -3.52. The maximum atomic E-state index is 12.3. The predicted molar refractivity (Wildman–Crippen MR) is 66.4 cm³/mol. The average Bonchev–Trinajstić information content (AvgIpc) is 2.81. The highest BCUT2D eigenvalue weighted by Crippen LogP contribution is 2.22. The molecule has 18 heavy (non-hydrogen) atoms. The second-order valence-corrected chi connectivity index (χ2v) is 6.62. The van der Waals surface area contributed by atoms with E-state index in [2.05, 4.69) is 4.98 Å². The molecule has 2 unspecified atom stereocenters. The van der Waals surface area contributed by atoms with Gasteiger partial charge in [-0.2, -0.15) is 4.31 Å². The molecule has 102 valence electrons. The van der Waals surface area contributed by atoms with E-state index in [0.29, 0.717) is 26.1 Å². The quantitative estimate of drug-likeness (QED) is 0.859. The molecule has 6 nitrogen and oxygen atoms in total. The molecule has 0 aliphatic carbocycles. The number of nitrogens with zero attached hydrogens (tertiary/aromatic N) is 3. The van der Waals surface area contributed by atoms with Crippen molar-refractivity contribution in [3.8, 4) is 0 Å². The van der Waals surface area contributed by atoms with Gasteiger partial charge in [-0.05, 0) is 19.3 Å². The van der Waals surface area contributed by atoms with Gasteiger partial charge in [-0.15, -0.1) is 0 Å². The van der Waals surface area contributed by atoms with Crippen molar-refractivity contribution in [1.82, 2.24) is 13.9 Å². The standard InChI is InChI=1S/C11H19N3O3S/c1-3-13-7-11(12-8-13)18(16,17)14-5-4-10(15)9(2)6-14/h7-10,15H,3-6H2,1-2H3. The van der Waals surface area contributed by atoms with Crippen molar-refractivity contribution in [3.63, 3.8) is 0 Å². The lowest BCUT2D eigenvalue weighted by atomic mass is 9.99. The number of aryl methyl sites for hydroxylation is 1. The van der Waals surface area contributed by atoms with Gasteiger partial charge in [-0.1, -0.05) is 6.92 Å². The van der Waals surface area contributed by atoms with Crippen LogP contribution in [-0.2, 0) is 16.6 Å². The summed E-state index contributed by atoms with van der Waals surface area (Å²) in [6, 6.07) is 0. The topological polar surface area (TPSA) is 75.4 Å². The molecule has 2 atom stereocenters. The Balaban J connectivity index is 2.21. The minimum Gasteiger partial charge on any atom is -0.393 e. The summed E-state index contributed by atoms with van der Waals surface area (Å²) in [5.74, 6) is -0.0400. The largest absolute Gasteiger partial charge is 0.393 e. The first-order valence-corrected chi connectivity index (χ1v) is 7.59. The number of hydrogen-bond donors (Lipinski definition) is 1. The second-order valence-electron chi connectivity index (χ2n) is 4.74. The lowest BCUT2D eigenvalue weighted by Crippen LogP contribution is -2.44. The zero-order valence-electron chi connectivity index (χ0n) is 10.7. The van der Waals surface area contributed by atoms with Crippen LogP contribution in [0.25, 0.3) is 0 Å². The van der Waals surface area contributed by atoms with E-state index in [-0.39, 0.29) is 10.9 Å². The molecule has 1 aromatic rings. The molecule has 7 heteroatoms. The van der Waals surface area contributed by atoms with E-state index in [1.54, 1.807) is 10.8 Å². The van der Waals surface area contributed by atoms with Crippen LogP contribution in [0.5, 0.6) is 0 Å². The zero-order valence-corrected chi connectivity index (χ0v) is 11.5. The first-order valence-electron chi connectivity index (χ1n) is 6.15. The number of piperidine rings is 1. The van der Waals surface area contributed by atoms with Gasteiger partial charge in [-0.3, -0.25) is 0 Å². The van der Waals surface area contributed by atoms with Crippen molar-refractivity contribution in [2.45, 2.75) is 37.9 Å². The molecule has 1 aromatic heterocycles. The molecule has 1 saturated heterocycles. The second kappa shape index (κ2) is 4.99. The molecular formula is C11H19N3O3S. The first-order chi connectivity index (χ1) is 8.45. The summed E-state index contributed by atoms with van der Waals surface area (Å²) in [6.45, 7) is 5.18. The van der Waals surface area contributed by atoms with Gasteiger partial charge < -0.3 is 9.67 Å². The minimum absolute atomic E-state index is 0.0400. The molecule has 0 bridgehead atoms. The van der Waals surface area contributed by atoms with E-state index in [1.165, 1.54) is 10.6 Å². The molecule has 0 saturated carbocycles. The van der Waals surface area contributed by atoms with E-state index < -0.39 is 16.1 Å². The molecule has 1 N–H and O–H groups in total. The highest BCUT2D eigenvalue weighted by atomic mass is 32.2. The fourth-order valence-corrected chi connectivity index (χ4v) is 3.58. The summed E-state index contributed by atoms with van der Waals surface area (Å²) < 4.78 is 27.8. The van der Waals surface area contributed by atoms with Gasteiger partial charge in [0.2, 0.25) is 0 Å². The Morgan fingerprint density at radius 1 is 1.56 bits per heavy atom. The van der Waals surface area contributed by atoms with Gasteiger partial charge in [0.05, 0.1) is 12.4 Å².